The second-order valence-corrected chi connectivity index (χ2v) is 10.7. The number of likely N-dealkylation sites (tertiary alicyclic amines) is 1. The van der Waals surface area contributed by atoms with E-state index in [9.17, 15) is 19.5 Å². The van der Waals surface area contributed by atoms with Gasteiger partial charge in [0.15, 0.2) is 17.2 Å². The number of rotatable bonds is 7. The summed E-state index contributed by atoms with van der Waals surface area (Å²) in [6.07, 6.45) is 1.23. The number of hydrogen-bond donors (Lipinski definition) is 3. The lowest BCUT2D eigenvalue weighted by Gasteiger charge is -2.34. The molecule has 3 N–H and O–H groups in total. The van der Waals surface area contributed by atoms with Gasteiger partial charge in [0.1, 0.15) is 5.60 Å². The minimum Gasteiger partial charge on any atom is -0.479 e. The lowest BCUT2D eigenvalue weighted by atomic mass is 10.0. The summed E-state index contributed by atoms with van der Waals surface area (Å²) in [6.45, 7) is 6.08. The number of hydrogen-bond acceptors (Lipinski definition) is 7. The third-order valence-corrected chi connectivity index (χ3v) is 7.21. The summed E-state index contributed by atoms with van der Waals surface area (Å²) in [5.74, 6) is -2.38. The van der Waals surface area contributed by atoms with Gasteiger partial charge in [0, 0.05) is 24.8 Å². The maximum atomic E-state index is 12.3. The molecule has 1 aromatic carbocycles. The van der Waals surface area contributed by atoms with Gasteiger partial charge in [-0.15, -0.1) is 11.3 Å². The zero-order chi connectivity index (χ0) is 25.0. The zero-order valence-electron chi connectivity index (χ0n) is 19.1. The summed E-state index contributed by atoms with van der Waals surface area (Å²) >= 11 is 4.39. The van der Waals surface area contributed by atoms with Crippen LogP contribution in [0.4, 0.5) is 10.5 Å². The van der Waals surface area contributed by atoms with Crippen molar-refractivity contribution in [1.82, 2.24) is 4.90 Å². The van der Waals surface area contributed by atoms with E-state index in [4.69, 9.17) is 14.6 Å². The Morgan fingerprint density at radius 2 is 1.88 bits per heavy atom. The molecule has 2 aromatic rings. The lowest BCUT2D eigenvalue weighted by Crippen LogP contribution is -2.44. The lowest BCUT2D eigenvalue weighted by molar-refractivity contribution is -0.139. The summed E-state index contributed by atoms with van der Waals surface area (Å²) in [4.78, 5) is 37.1. The maximum Gasteiger partial charge on any atom is 0.410 e. The highest BCUT2D eigenvalue weighted by Gasteiger charge is 2.27. The van der Waals surface area contributed by atoms with Gasteiger partial charge in [-0.3, -0.25) is 0 Å². The van der Waals surface area contributed by atoms with Crippen molar-refractivity contribution < 1.29 is 34.1 Å². The van der Waals surface area contributed by atoms with Crippen LogP contribution in [0.15, 0.2) is 28.7 Å². The van der Waals surface area contributed by atoms with E-state index in [1.54, 1.807) is 4.90 Å². The summed E-state index contributed by atoms with van der Waals surface area (Å²) in [6, 6.07) is 7.70. The monoisotopic (exact) mass is 554 g/mol. The van der Waals surface area contributed by atoms with Crippen LogP contribution in [0.2, 0.25) is 0 Å². The van der Waals surface area contributed by atoms with Crippen molar-refractivity contribution in [3.8, 4) is 16.2 Å². The molecule has 3 rings (SSSR count). The predicted octanol–water partition coefficient (Wildman–Crippen LogP) is 5.15. The van der Waals surface area contributed by atoms with Gasteiger partial charge in [0.2, 0.25) is 0 Å². The molecule has 0 aliphatic carbocycles. The fraction of sp³-hybridized carbons (Fsp3) is 0.435. The topological polar surface area (TPSA) is 125 Å². The third-order valence-electron chi connectivity index (χ3n) is 4.99. The van der Waals surface area contributed by atoms with E-state index in [2.05, 4.69) is 21.2 Å². The molecule has 0 saturated carbocycles. The molecule has 0 bridgehead atoms. The normalized spacial score (nSPS) is 14.5. The number of ether oxygens (including phenoxy) is 2. The minimum atomic E-state index is -1.19. The second kappa shape index (κ2) is 10.6. The summed E-state index contributed by atoms with van der Waals surface area (Å²) in [5.41, 5.74) is 1.10. The van der Waals surface area contributed by atoms with Gasteiger partial charge < -0.3 is 29.9 Å². The number of anilines is 1. The highest BCUT2D eigenvalue weighted by Crippen LogP contribution is 2.46. The van der Waals surface area contributed by atoms with Gasteiger partial charge in [0.05, 0.1) is 9.35 Å². The number of carbonyl (C=O) groups excluding carboxylic acids is 1. The second-order valence-electron chi connectivity index (χ2n) is 8.86. The summed E-state index contributed by atoms with van der Waals surface area (Å²) in [7, 11) is 0. The van der Waals surface area contributed by atoms with Crippen LogP contribution in [0.25, 0.3) is 10.4 Å². The Hall–Kier alpha value is -2.79. The van der Waals surface area contributed by atoms with Crippen molar-refractivity contribution in [1.29, 1.82) is 0 Å². The molecular formula is C23H27BrN2O7S. The number of aromatic carboxylic acids is 1. The Balaban J connectivity index is 1.70. The Bertz CT molecular complexity index is 1070. The highest BCUT2D eigenvalue weighted by molar-refractivity contribution is 9.10. The standard InChI is InChI=1S/C23H27BrN2O7S/c1-23(2,3)33-22(31)26-9-7-14(8-10-26)25-15-6-4-5-13(11-15)19-17(24)18(32-12-16(27)28)20(34-19)21(29)30/h4-6,11,14,25H,7-10,12H2,1-3H3,(H,27,28)(H,29,30). The van der Waals surface area contributed by atoms with E-state index in [-0.39, 0.29) is 22.8 Å². The van der Waals surface area contributed by atoms with Crippen molar-refractivity contribution in [3.63, 3.8) is 0 Å². The zero-order valence-corrected chi connectivity index (χ0v) is 21.5. The number of benzene rings is 1. The molecule has 11 heteroatoms. The Kier molecular flexibility index (Phi) is 8.09. The number of thiophene rings is 1. The van der Waals surface area contributed by atoms with Crippen LogP contribution in [-0.2, 0) is 9.53 Å². The van der Waals surface area contributed by atoms with Crippen LogP contribution < -0.4 is 10.1 Å². The molecule has 1 saturated heterocycles. The maximum absolute atomic E-state index is 12.3. The van der Waals surface area contributed by atoms with Gasteiger partial charge in [-0.1, -0.05) is 12.1 Å². The van der Waals surface area contributed by atoms with Crippen LogP contribution in [0.3, 0.4) is 0 Å². The summed E-state index contributed by atoms with van der Waals surface area (Å²) < 4.78 is 11.1. The number of carboxylic acid groups (broad SMARTS) is 2. The van der Waals surface area contributed by atoms with E-state index in [0.717, 1.165) is 35.4 Å². The van der Waals surface area contributed by atoms with Crippen molar-refractivity contribution in [2.45, 2.75) is 45.3 Å². The first-order chi connectivity index (χ1) is 15.9. The smallest absolute Gasteiger partial charge is 0.410 e. The fourth-order valence-corrected chi connectivity index (χ4v) is 5.39. The number of carbonyl (C=O) groups is 3. The molecule has 1 amide bonds. The van der Waals surface area contributed by atoms with Crippen molar-refractivity contribution in [2.24, 2.45) is 0 Å². The highest BCUT2D eigenvalue weighted by atomic mass is 79.9. The number of carboxylic acids is 2. The number of amides is 1. The Morgan fingerprint density at radius 3 is 2.47 bits per heavy atom. The van der Waals surface area contributed by atoms with Gasteiger partial charge in [-0.2, -0.15) is 0 Å². The SMILES string of the molecule is CC(C)(C)OC(=O)N1CCC(Nc2cccc(-c3sc(C(=O)O)c(OCC(=O)O)c3Br)c2)CC1. The van der Waals surface area contributed by atoms with Gasteiger partial charge in [-0.25, -0.2) is 14.4 Å². The molecule has 0 radical (unpaired) electrons. The average molecular weight is 555 g/mol. The van der Waals surface area contributed by atoms with E-state index in [1.165, 1.54) is 0 Å². The molecule has 1 aromatic heterocycles. The molecule has 184 valence electrons. The van der Waals surface area contributed by atoms with Gasteiger partial charge in [-0.05, 0) is 67.2 Å². The third kappa shape index (κ3) is 6.63. The molecule has 1 aliphatic rings. The number of piperidine rings is 1. The first-order valence-corrected chi connectivity index (χ1v) is 12.3. The van der Waals surface area contributed by atoms with E-state index < -0.39 is 24.1 Å². The van der Waals surface area contributed by atoms with Crippen LogP contribution in [0.1, 0.15) is 43.3 Å². The quantitative estimate of drug-likeness (QED) is 0.429. The Morgan fingerprint density at radius 1 is 1.21 bits per heavy atom. The van der Waals surface area contributed by atoms with E-state index in [0.29, 0.717) is 22.4 Å². The van der Waals surface area contributed by atoms with Crippen molar-refractivity contribution in [3.05, 3.63) is 33.6 Å². The molecule has 9 nitrogen and oxygen atoms in total. The van der Waals surface area contributed by atoms with Crippen molar-refractivity contribution >= 4 is 51.0 Å². The van der Waals surface area contributed by atoms with Crippen LogP contribution >= 0.6 is 27.3 Å². The first-order valence-electron chi connectivity index (χ1n) is 10.7. The molecular weight excluding hydrogens is 528 g/mol. The number of nitrogens with one attached hydrogen (secondary N) is 1. The number of aliphatic carboxylic acids is 1. The molecule has 0 atom stereocenters. The number of halogens is 1. The van der Waals surface area contributed by atoms with Crippen LogP contribution in [0.5, 0.6) is 5.75 Å². The van der Waals surface area contributed by atoms with E-state index >= 15 is 0 Å². The molecule has 34 heavy (non-hydrogen) atoms. The largest absolute Gasteiger partial charge is 0.479 e. The van der Waals surface area contributed by atoms with Crippen LogP contribution in [-0.4, -0.2) is 64.5 Å². The summed E-state index contributed by atoms with van der Waals surface area (Å²) in [5, 5.41) is 21.9. The van der Waals surface area contributed by atoms with Crippen LogP contribution in [0, 0.1) is 0 Å². The van der Waals surface area contributed by atoms with Gasteiger partial charge in [0.25, 0.3) is 0 Å². The molecule has 0 spiro atoms. The minimum absolute atomic E-state index is 0.00257. The number of nitrogens with zero attached hydrogens (tertiary/aromatic N) is 1. The molecule has 1 fully saturated rings. The Labute approximate surface area is 209 Å². The van der Waals surface area contributed by atoms with Gasteiger partial charge >= 0.3 is 18.0 Å². The molecule has 0 unspecified atom stereocenters. The average Bonchev–Trinajstić information content (AvgIpc) is 3.08. The fourth-order valence-electron chi connectivity index (χ4n) is 3.50. The van der Waals surface area contributed by atoms with Crippen molar-refractivity contribution in [2.75, 3.05) is 25.0 Å². The van der Waals surface area contributed by atoms with E-state index in [1.807, 2.05) is 45.0 Å². The molecule has 1 aliphatic heterocycles. The first kappa shape index (κ1) is 25.8. The molecule has 2 heterocycles. The predicted molar refractivity (Wildman–Crippen MR) is 132 cm³/mol.